The predicted octanol–water partition coefficient (Wildman–Crippen LogP) is 0.936. The molecule has 2 heterocycles. The molecule has 0 aliphatic carbocycles. The fourth-order valence-corrected chi connectivity index (χ4v) is 2.15. The molecule has 0 radical (unpaired) electrons. The molecule has 0 bridgehead atoms. The fourth-order valence-electron chi connectivity index (χ4n) is 2.15. The van der Waals surface area contributed by atoms with E-state index in [0.717, 1.165) is 25.9 Å². The second-order valence-electron chi connectivity index (χ2n) is 4.32. The number of nitrogens with zero attached hydrogens (tertiary/aromatic N) is 4. The lowest BCUT2D eigenvalue weighted by Gasteiger charge is -2.21. The van der Waals surface area contributed by atoms with E-state index in [1.165, 1.54) is 4.57 Å². The maximum Gasteiger partial charge on any atom is 0.434 e. The molecule has 0 amide bonds. The number of aromatic nitrogens is 2. The van der Waals surface area contributed by atoms with Crippen molar-refractivity contribution in [2.75, 3.05) is 13.1 Å². The Morgan fingerprint density at radius 2 is 2.17 bits per heavy atom. The minimum atomic E-state index is -0.676. The van der Waals surface area contributed by atoms with E-state index in [9.17, 15) is 15.2 Å². The van der Waals surface area contributed by atoms with Gasteiger partial charge in [0.1, 0.15) is 24.7 Å². The van der Waals surface area contributed by atoms with Gasteiger partial charge in [0.05, 0.1) is 0 Å². The first-order chi connectivity index (χ1) is 8.08. The van der Waals surface area contributed by atoms with Gasteiger partial charge in [-0.15, -0.1) is 12.4 Å². The van der Waals surface area contributed by atoms with E-state index in [0.29, 0.717) is 5.69 Å². The Morgan fingerprint density at radius 1 is 1.56 bits per heavy atom. The number of aryl methyl sites for hydroxylation is 1. The van der Waals surface area contributed by atoms with Gasteiger partial charge in [-0.05, 0) is 24.7 Å². The Balaban J connectivity index is 0.00000162. The Morgan fingerprint density at radius 3 is 2.72 bits per heavy atom. The lowest BCUT2D eigenvalue weighted by Crippen LogP contribution is -2.36. The van der Waals surface area contributed by atoms with Gasteiger partial charge in [-0.1, -0.05) is 4.98 Å². The Kier molecular flexibility index (Phi) is 5.06. The van der Waals surface area contributed by atoms with Crippen LogP contribution < -0.4 is 0 Å². The van der Waals surface area contributed by atoms with Gasteiger partial charge in [0, 0.05) is 13.1 Å². The summed E-state index contributed by atoms with van der Waals surface area (Å²) in [7, 11) is 0. The molecule has 0 spiro atoms. The van der Waals surface area contributed by atoms with Gasteiger partial charge in [0.2, 0.25) is 0 Å². The van der Waals surface area contributed by atoms with Crippen LogP contribution in [0.5, 0.6) is 0 Å². The summed E-state index contributed by atoms with van der Waals surface area (Å²) in [6, 6.07) is 0. The lowest BCUT2D eigenvalue weighted by molar-refractivity contribution is -0.397. The molecule has 0 saturated carbocycles. The molecule has 1 atom stereocenters. The maximum atomic E-state index is 10.8. The van der Waals surface area contributed by atoms with Crippen molar-refractivity contribution in [2.24, 2.45) is 0 Å². The highest BCUT2D eigenvalue weighted by Crippen LogP contribution is 2.15. The molecule has 18 heavy (non-hydrogen) atoms. The van der Waals surface area contributed by atoms with Crippen LogP contribution in [0, 0.1) is 17.0 Å². The number of aliphatic hydroxyl groups is 1. The van der Waals surface area contributed by atoms with Crippen LogP contribution in [0.2, 0.25) is 0 Å². The summed E-state index contributed by atoms with van der Waals surface area (Å²) in [5.41, 5.74) is 0.588. The van der Waals surface area contributed by atoms with Crippen molar-refractivity contribution >= 4 is 18.4 Å². The monoisotopic (exact) mass is 276 g/mol. The van der Waals surface area contributed by atoms with Crippen LogP contribution >= 0.6 is 12.4 Å². The van der Waals surface area contributed by atoms with Gasteiger partial charge in [-0.25, -0.2) is 4.57 Å². The first kappa shape index (κ1) is 14.9. The minimum Gasteiger partial charge on any atom is -0.390 e. The second kappa shape index (κ2) is 6.12. The summed E-state index contributed by atoms with van der Waals surface area (Å²) in [6.07, 6.45) is 3.06. The number of imidazole rings is 1. The van der Waals surface area contributed by atoms with Crippen molar-refractivity contribution < 1.29 is 10.0 Å². The van der Waals surface area contributed by atoms with Gasteiger partial charge in [0.15, 0.2) is 0 Å². The average molecular weight is 277 g/mol. The van der Waals surface area contributed by atoms with Crippen molar-refractivity contribution in [3.8, 4) is 0 Å². The van der Waals surface area contributed by atoms with E-state index in [4.69, 9.17) is 0 Å². The van der Waals surface area contributed by atoms with Gasteiger partial charge in [0.25, 0.3) is 0 Å². The summed E-state index contributed by atoms with van der Waals surface area (Å²) in [6.45, 7) is 3.59. The predicted molar refractivity (Wildman–Crippen MR) is 67.7 cm³/mol. The minimum absolute atomic E-state index is 0. The Bertz CT molecular complexity index is 417. The normalized spacial score (nSPS) is 17.4. The van der Waals surface area contributed by atoms with Gasteiger partial charge >= 0.3 is 5.95 Å². The number of aliphatic hydroxyl groups excluding tert-OH is 1. The molecule has 0 aromatic carbocycles. The van der Waals surface area contributed by atoms with E-state index in [2.05, 4.69) is 4.98 Å². The van der Waals surface area contributed by atoms with Gasteiger partial charge in [-0.3, -0.25) is 4.90 Å². The lowest BCUT2D eigenvalue weighted by atomic mass is 10.4. The molecule has 1 N–H and O–H groups in total. The fraction of sp³-hybridized carbons (Fsp3) is 0.700. The third kappa shape index (κ3) is 3.18. The van der Waals surface area contributed by atoms with Crippen LogP contribution in [-0.4, -0.2) is 43.8 Å². The van der Waals surface area contributed by atoms with Crippen molar-refractivity contribution in [3.05, 3.63) is 22.0 Å². The molecule has 1 aromatic heterocycles. The molecule has 1 aliphatic heterocycles. The third-order valence-corrected chi connectivity index (χ3v) is 2.96. The first-order valence-corrected chi connectivity index (χ1v) is 5.68. The highest BCUT2D eigenvalue weighted by molar-refractivity contribution is 5.85. The van der Waals surface area contributed by atoms with Crippen LogP contribution in [0.1, 0.15) is 18.5 Å². The zero-order valence-corrected chi connectivity index (χ0v) is 11.0. The van der Waals surface area contributed by atoms with Crippen molar-refractivity contribution in [1.29, 1.82) is 0 Å². The summed E-state index contributed by atoms with van der Waals surface area (Å²) >= 11 is 0. The van der Waals surface area contributed by atoms with Gasteiger partial charge in [-0.2, -0.15) is 0 Å². The molecule has 1 aliphatic rings. The molecular weight excluding hydrogens is 260 g/mol. The number of hydrogen-bond donors (Lipinski definition) is 1. The number of likely N-dealkylation sites (tertiary alicyclic amines) is 1. The van der Waals surface area contributed by atoms with Crippen molar-refractivity contribution in [1.82, 2.24) is 14.5 Å². The van der Waals surface area contributed by atoms with Crippen LogP contribution in [0.15, 0.2) is 6.20 Å². The van der Waals surface area contributed by atoms with E-state index in [-0.39, 0.29) is 24.9 Å². The largest absolute Gasteiger partial charge is 0.434 e. The van der Waals surface area contributed by atoms with Crippen molar-refractivity contribution in [2.45, 2.75) is 32.5 Å². The summed E-state index contributed by atoms with van der Waals surface area (Å²) in [5, 5.41) is 20.7. The van der Waals surface area contributed by atoms with E-state index >= 15 is 0 Å². The number of nitro groups is 1. The molecule has 1 fully saturated rings. The standard InChI is InChI=1S/C10H16N4O3.ClH/c1-8-6-13(10(11-8)14(16)17)7-9(15)12-4-2-3-5-12;/h6,9,15H,2-5,7H2,1H3;1H. The quantitative estimate of drug-likeness (QED) is 0.653. The third-order valence-electron chi connectivity index (χ3n) is 2.96. The highest BCUT2D eigenvalue weighted by Gasteiger charge is 2.25. The highest BCUT2D eigenvalue weighted by atomic mass is 35.5. The Hall–Kier alpha value is -1.18. The van der Waals surface area contributed by atoms with Crippen LogP contribution in [0.4, 0.5) is 5.95 Å². The van der Waals surface area contributed by atoms with Crippen LogP contribution in [0.25, 0.3) is 0 Å². The molecule has 102 valence electrons. The van der Waals surface area contributed by atoms with Crippen LogP contribution in [0.3, 0.4) is 0 Å². The van der Waals surface area contributed by atoms with E-state index in [1.54, 1.807) is 13.1 Å². The molecule has 1 unspecified atom stereocenters. The second-order valence-corrected chi connectivity index (χ2v) is 4.32. The van der Waals surface area contributed by atoms with E-state index < -0.39 is 11.2 Å². The number of halogens is 1. The zero-order chi connectivity index (χ0) is 12.4. The molecule has 1 saturated heterocycles. The summed E-state index contributed by atoms with van der Waals surface area (Å²) in [4.78, 5) is 16.0. The Labute approximate surface area is 111 Å². The SMILES string of the molecule is Cc1cn(CC(O)N2CCCC2)c([N+](=O)[O-])n1.Cl. The molecule has 2 rings (SSSR count). The van der Waals surface area contributed by atoms with Gasteiger partial charge < -0.3 is 15.2 Å². The molecular formula is C10H17ClN4O3. The molecule has 8 heteroatoms. The maximum absolute atomic E-state index is 10.8. The molecule has 7 nitrogen and oxygen atoms in total. The average Bonchev–Trinajstić information content (AvgIpc) is 2.86. The molecule has 1 aromatic rings. The smallest absolute Gasteiger partial charge is 0.390 e. The first-order valence-electron chi connectivity index (χ1n) is 5.68. The summed E-state index contributed by atoms with van der Waals surface area (Å²) < 4.78 is 1.40. The topological polar surface area (TPSA) is 84.4 Å². The van der Waals surface area contributed by atoms with Crippen LogP contribution in [-0.2, 0) is 6.54 Å². The number of rotatable bonds is 4. The van der Waals surface area contributed by atoms with Crippen molar-refractivity contribution in [3.63, 3.8) is 0 Å². The van der Waals surface area contributed by atoms with E-state index in [1.807, 2.05) is 4.90 Å². The zero-order valence-electron chi connectivity index (χ0n) is 10.2. The number of hydrogen-bond acceptors (Lipinski definition) is 5. The summed E-state index contributed by atoms with van der Waals surface area (Å²) in [5.74, 6) is -0.208.